The summed E-state index contributed by atoms with van der Waals surface area (Å²) in [4.78, 5) is 75.3. The van der Waals surface area contributed by atoms with Gasteiger partial charge in [0.1, 0.15) is 52.8 Å². The summed E-state index contributed by atoms with van der Waals surface area (Å²) in [6.07, 6.45) is 4.22. The number of hydrogen-bond donors (Lipinski definition) is 10. The molecule has 121 heavy (non-hydrogen) atoms. The number of benzene rings is 6. The Morgan fingerprint density at radius 1 is 0.397 bits per heavy atom. The van der Waals surface area contributed by atoms with E-state index >= 15 is 0 Å². The standard InChI is InChI=1S/2C29H27BrN2O6.C24H20BrNO6.C5H9NO.C2H2O4/c2*1-36-20-11-31-12-21-24(20)28(35)25(33)22(26(34)32-13-27(14-32)15-37-16-27)23(17-5-3-2-4-6-17)29(28,38-21)18-7-9-19(30)10-8-18;1-31-16-11-26-12-17-20(16)23(30)21(27)18(22(28)29)19(13-5-3-2-4-6-13)24(23,32-17)14-7-9-15(25)10-8-14;1-5(2-6-1)3-7-4-5;3-1(4)2(5)6/h2*2-12,22-23,25,33,35H,13-16H2,1H3;2-12,18-19,21,27,30H,1H3,(H,28,29);6H,1-4H2;(H,3,4)(H,5,6)/t2*22-,23-,25-,28+,29+;18-,19-,21-,23+,24+;;/m111../s1. The molecule has 6 aromatic carbocycles. The molecule has 12 heterocycles. The first-order valence-corrected chi connectivity index (χ1v) is 41.5. The maximum Gasteiger partial charge on any atom is 0.414 e. The monoisotopic (exact) mass is 1840 g/mol. The molecule has 6 saturated heterocycles. The highest BCUT2D eigenvalue weighted by atomic mass is 79.9. The van der Waals surface area contributed by atoms with E-state index in [9.17, 15) is 50.1 Å². The number of carboxylic acid groups (broad SMARTS) is 3. The van der Waals surface area contributed by atoms with Gasteiger partial charge in [-0.3, -0.25) is 29.3 Å². The quantitative estimate of drug-likeness (QED) is 0.0520. The van der Waals surface area contributed by atoms with Gasteiger partial charge in [0.05, 0.1) is 143 Å². The molecule has 2 amide bonds. The van der Waals surface area contributed by atoms with Crippen molar-refractivity contribution >= 4 is 77.5 Å². The van der Waals surface area contributed by atoms with Gasteiger partial charge < -0.3 is 104 Å². The average Bonchev–Trinajstić information content (AvgIpc) is 1.50. The van der Waals surface area contributed by atoms with E-state index in [2.05, 4.69) is 68.1 Å². The number of amides is 2. The number of halogens is 3. The molecule has 630 valence electrons. The van der Waals surface area contributed by atoms with Gasteiger partial charge in [-0.2, -0.15) is 0 Å². The number of aliphatic carboxylic acids is 3. The van der Waals surface area contributed by atoms with Crippen LogP contribution in [0.3, 0.4) is 0 Å². The number of carboxylic acids is 3. The number of carbonyl (C=O) groups excluding carboxylic acids is 2. The predicted molar refractivity (Wildman–Crippen MR) is 438 cm³/mol. The topological polar surface area (TPSA) is 408 Å². The van der Waals surface area contributed by atoms with Gasteiger partial charge in [0.15, 0.2) is 33.6 Å². The van der Waals surface area contributed by atoms with Crippen LogP contribution in [0.25, 0.3) is 0 Å². The van der Waals surface area contributed by atoms with Crippen molar-refractivity contribution in [3.63, 3.8) is 0 Å². The second kappa shape index (κ2) is 31.4. The van der Waals surface area contributed by atoms with E-state index < -0.39 is 105 Å². The Bertz CT molecular complexity index is 5210. The summed E-state index contributed by atoms with van der Waals surface area (Å²) in [5.41, 5.74) is -5.43. The highest BCUT2D eigenvalue weighted by molar-refractivity contribution is 9.11. The fourth-order valence-electron chi connectivity index (χ4n) is 20.6. The van der Waals surface area contributed by atoms with Crippen LogP contribution in [0.5, 0.6) is 34.5 Å². The summed E-state index contributed by atoms with van der Waals surface area (Å²) in [5.74, 6) is -9.30. The van der Waals surface area contributed by atoms with Crippen molar-refractivity contribution in [1.82, 2.24) is 30.1 Å². The lowest BCUT2D eigenvalue weighted by molar-refractivity contribution is -0.200. The van der Waals surface area contributed by atoms with Crippen LogP contribution in [0.4, 0.5) is 0 Å². The van der Waals surface area contributed by atoms with E-state index in [1.807, 2.05) is 115 Å². The van der Waals surface area contributed by atoms with E-state index in [0.717, 1.165) is 37.8 Å². The highest BCUT2D eigenvalue weighted by Gasteiger charge is 2.82. The molecular weight excluding hydrogens is 1760 g/mol. The first-order valence-electron chi connectivity index (χ1n) is 39.1. The summed E-state index contributed by atoms with van der Waals surface area (Å²) < 4.78 is 55.0. The summed E-state index contributed by atoms with van der Waals surface area (Å²) in [6, 6.07) is 50.0. The smallest absolute Gasteiger partial charge is 0.414 e. The number of aliphatic hydroxyl groups is 6. The molecule has 3 spiro atoms. The molecule has 0 radical (unpaired) electrons. The number of hydrogen-bond acceptors (Lipinski definition) is 24. The Morgan fingerprint density at radius 2 is 0.669 bits per heavy atom. The fourth-order valence-corrected chi connectivity index (χ4v) is 21.4. The van der Waals surface area contributed by atoms with Crippen LogP contribution < -0.4 is 33.7 Å². The first-order chi connectivity index (χ1) is 58.1. The SMILES string of the molecule is C1NCC12COC2.COc1cncc2c1[C@]1(O)[C@H](O)[C@H](C(=O)N3CC4(COC4)C3)[C@@H](c3ccccc3)[C@]1(c1ccc(Br)cc1)O2.COc1cncc2c1[C@]1(O)[C@H](O)[C@H](C(=O)N3CC4(COC4)C3)[C@@H](c3ccccc3)[C@]1(c1ccc(Br)cc1)O2.COc1cncc2c1[C@]1(O)[C@H](O)[C@H](C(=O)O)[C@@H](c3ccccc3)[C@]1(c1ccc(Br)cc1)O2.O=C(O)C(=O)O. The van der Waals surface area contributed by atoms with E-state index in [4.69, 9.17) is 62.4 Å². The molecule has 3 saturated carbocycles. The number of rotatable bonds is 12. The number of nitrogens with one attached hydrogen (secondary N) is 1. The van der Waals surface area contributed by atoms with Crippen LogP contribution >= 0.6 is 47.8 Å². The Balaban J connectivity index is 0.000000120. The van der Waals surface area contributed by atoms with Crippen LogP contribution in [0.1, 0.15) is 67.8 Å². The largest absolute Gasteiger partial charge is 0.495 e. The highest BCUT2D eigenvalue weighted by Crippen LogP contribution is 2.74. The molecule has 15 atom stereocenters. The fraction of sp³-hybridized carbons (Fsp3) is 0.371. The Labute approximate surface area is 718 Å². The molecular formula is C89H85Br3N6O23. The molecule has 9 aromatic rings. The van der Waals surface area contributed by atoms with Gasteiger partial charge in [-0.1, -0.05) is 175 Å². The van der Waals surface area contributed by atoms with E-state index in [1.54, 1.807) is 58.3 Å². The number of aliphatic hydroxyl groups excluding tert-OH is 3. The molecule has 0 unspecified atom stereocenters. The minimum atomic E-state index is -2.12. The molecule has 9 fully saturated rings. The van der Waals surface area contributed by atoms with Crippen molar-refractivity contribution in [2.45, 2.75) is 69.7 Å². The van der Waals surface area contributed by atoms with Gasteiger partial charge in [-0.25, -0.2) is 9.59 Å². The van der Waals surface area contributed by atoms with Crippen molar-refractivity contribution in [2.24, 2.45) is 34.0 Å². The molecule has 32 heteroatoms. The first kappa shape index (κ1) is 83.2. The summed E-state index contributed by atoms with van der Waals surface area (Å²) >= 11 is 10.4. The minimum absolute atomic E-state index is 0.00954. The molecule has 29 nitrogen and oxygen atoms in total. The van der Waals surface area contributed by atoms with Crippen LogP contribution in [0.2, 0.25) is 0 Å². The van der Waals surface area contributed by atoms with Crippen molar-refractivity contribution in [2.75, 3.05) is 100 Å². The number of methoxy groups -OCH3 is 3. The van der Waals surface area contributed by atoms with Gasteiger partial charge in [0, 0.05) is 75.9 Å². The molecule has 21 rings (SSSR count). The normalized spacial score (nSPS) is 30.5. The molecule has 12 aliphatic rings. The van der Waals surface area contributed by atoms with Crippen molar-refractivity contribution < 1.29 is 113 Å². The third-order valence-electron chi connectivity index (χ3n) is 26.2. The zero-order valence-electron chi connectivity index (χ0n) is 65.3. The van der Waals surface area contributed by atoms with Crippen molar-refractivity contribution in [1.29, 1.82) is 0 Å². The van der Waals surface area contributed by atoms with E-state index in [1.165, 1.54) is 71.6 Å². The third kappa shape index (κ3) is 12.7. The molecule has 0 bridgehead atoms. The minimum Gasteiger partial charge on any atom is -0.495 e. The average molecular weight is 1850 g/mol. The van der Waals surface area contributed by atoms with Crippen molar-refractivity contribution in [3.05, 3.63) is 264 Å². The van der Waals surface area contributed by atoms with Gasteiger partial charge in [-0.05, 0) is 69.8 Å². The number of carbonyl (C=O) groups is 5. The zero-order chi connectivity index (χ0) is 85.1. The molecule has 9 aliphatic heterocycles. The third-order valence-corrected chi connectivity index (χ3v) is 27.7. The van der Waals surface area contributed by atoms with Gasteiger partial charge >= 0.3 is 17.9 Å². The second-order valence-electron chi connectivity index (χ2n) is 33.0. The van der Waals surface area contributed by atoms with Gasteiger partial charge in [-0.15, -0.1) is 0 Å². The van der Waals surface area contributed by atoms with Crippen LogP contribution in [0, 0.1) is 34.0 Å². The molecule has 10 N–H and O–H groups in total. The Morgan fingerprint density at radius 3 is 0.893 bits per heavy atom. The summed E-state index contributed by atoms with van der Waals surface area (Å²) in [6.45, 7) is 9.23. The molecule has 3 aliphatic carbocycles. The lowest BCUT2D eigenvalue weighted by Gasteiger charge is -2.55. The number of nitrogens with zero attached hydrogens (tertiary/aromatic N) is 5. The van der Waals surface area contributed by atoms with Gasteiger partial charge in [0.25, 0.3) is 0 Å². The maximum atomic E-state index is 14.2. The van der Waals surface area contributed by atoms with Crippen LogP contribution in [-0.2, 0) is 71.8 Å². The lowest BCUT2D eigenvalue weighted by atomic mass is 9.70. The van der Waals surface area contributed by atoms with Gasteiger partial charge in [0.2, 0.25) is 11.8 Å². The van der Waals surface area contributed by atoms with Crippen molar-refractivity contribution in [3.8, 4) is 34.5 Å². The van der Waals surface area contributed by atoms with Crippen LogP contribution in [0.15, 0.2) is 214 Å². The Hall–Kier alpha value is -10.0. The lowest BCUT2D eigenvalue weighted by Crippen LogP contribution is -2.68. The predicted octanol–water partition coefficient (Wildman–Crippen LogP) is 7.87. The van der Waals surface area contributed by atoms with E-state index in [-0.39, 0.29) is 51.2 Å². The Kier molecular flexibility index (Phi) is 21.6. The number of fused-ring (bicyclic) bond motifs is 9. The zero-order valence-corrected chi connectivity index (χ0v) is 70.1. The number of pyridine rings is 3. The molecule has 3 aromatic heterocycles. The summed E-state index contributed by atoms with van der Waals surface area (Å²) in [5, 5.41) is 102. The maximum absolute atomic E-state index is 14.2. The summed E-state index contributed by atoms with van der Waals surface area (Å²) in [7, 11) is 4.39. The second-order valence-corrected chi connectivity index (χ2v) is 35.7. The van der Waals surface area contributed by atoms with E-state index in [0.29, 0.717) is 103 Å². The number of aromatic nitrogens is 3. The number of likely N-dealkylation sites (tertiary alicyclic amines) is 2. The number of ether oxygens (including phenoxy) is 9. The van der Waals surface area contributed by atoms with Crippen LogP contribution in [-0.4, -0.2) is 219 Å².